The molecular formula is C38H44O8. The van der Waals surface area contributed by atoms with Crippen molar-refractivity contribution in [1.82, 2.24) is 0 Å². The van der Waals surface area contributed by atoms with E-state index in [0.717, 1.165) is 43.1 Å². The Hall–Kier alpha value is -3.82. The molecule has 0 bridgehead atoms. The van der Waals surface area contributed by atoms with Gasteiger partial charge in [0.15, 0.2) is 0 Å². The summed E-state index contributed by atoms with van der Waals surface area (Å²) in [4.78, 5) is 26.4. The molecular weight excluding hydrogens is 584 g/mol. The summed E-state index contributed by atoms with van der Waals surface area (Å²) >= 11 is 0. The summed E-state index contributed by atoms with van der Waals surface area (Å²) < 4.78 is 33.3. The van der Waals surface area contributed by atoms with Crippen LogP contribution in [-0.2, 0) is 28.4 Å². The van der Waals surface area contributed by atoms with Gasteiger partial charge in [0.05, 0.1) is 50.8 Å². The predicted molar refractivity (Wildman–Crippen MR) is 181 cm³/mol. The minimum atomic E-state index is -0.391. The molecule has 0 radical (unpaired) electrons. The fraction of sp³-hybridized carbons (Fsp3) is 0.421. The van der Waals surface area contributed by atoms with E-state index in [4.69, 9.17) is 28.4 Å². The molecule has 5 aromatic rings. The Balaban J connectivity index is 1.30. The van der Waals surface area contributed by atoms with Gasteiger partial charge in [0, 0.05) is 13.2 Å². The Morgan fingerprint density at radius 2 is 0.804 bits per heavy atom. The zero-order valence-corrected chi connectivity index (χ0v) is 27.3. The molecule has 0 atom stereocenters. The fourth-order valence-electron chi connectivity index (χ4n) is 5.69. The topological polar surface area (TPSA) is 89.5 Å². The molecule has 8 heteroatoms. The van der Waals surface area contributed by atoms with Gasteiger partial charge < -0.3 is 28.4 Å². The van der Waals surface area contributed by atoms with Crippen LogP contribution in [0.5, 0.6) is 0 Å². The van der Waals surface area contributed by atoms with Crippen LogP contribution in [0.4, 0.5) is 0 Å². The summed E-state index contributed by atoms with van der Waals surface area (Å²) in [6.07, 6.45) is 0. The molecule has 0 N–H and O–H groups in total. The molecule has 0 aliphatic carbocycles. The van der Waals surface area contributed by atoms with Crippen LogP contribution >= 0.6 is 0 Å². The minimum absolute atomic E-state index is 0.159. The Kier molecular flexibility index (Phi) is 11.8. The largest absolute Gasteiger partial charge is 0.460 e. The van der Waals surface area contributed by atoms with E-state index in [1.54, 1.807) is 0 Å². The molecule has 46 heavy (non-hydrogen) atoms. The van der Waals surface area contributed by atoms with E-state index in [0.29, 0.717) is 75.8 Å². The second-order valence-corrected chi connectivity index (χ2v) is 12.2. The smallest absolute Gasteiger partial charge is 0.338 e. The van der Waals surface area contributed by atoms with Gasteiger partial charge in [0.25, 0.3) is 0 Å². The van der Waals surface area contributed by atoms with Gasteiger partial charge in [-0.15, -0.1) is 0 Å². The molecule has 0 spiro atoms. The van der Waals surface area contributed by atoms with Crippen molar-refractivity contribution in [1.29, 1.82) is 0 Å². The quantitative estimate of drug-likeness (QED) is 0.0429. The van der Waals surface area contributed by atoms with E-state index in [9.17, 15) is 9.59 Å². The highest BCUT2D eigenvalue weighted by atomic mass is 16.6. The van der Waals surface area contributed by atoms with Crippen molar-refractivity contribution >= 4 is 55.0 Å². The van der Waals surface area contributed by atoms with Crippen molar-refractivity contribution < 1.29 is 38.0 Å². The molecule has 5 rings (SSSR count). The summed E-state index contributed by atoms with van der Waals surface area (Å²) in [6.45, 7) is 12.7. The number of rotatable bonds is 18. The van der Waals surface area contributed by atoms with Crippen molar-refractivity contribution in [3.8, 4) is 0 Å². The average molecular weight is 629 g/mol. The van der Waals surface area contributed by atoms with E-state index < -0.39 is 11.9 Å². The van der Waals surface area contributed by atoms with E-state index >= 15 is 0 Å². The number of carbonyl (C=O) groups excluding carboxylic acids is 2. The fourth-order valence-corrected chi connectivity index (χ4v) is 5.69. The summed E-state index contributed by atoms with van der Waals surface area (Å²) in [6, 6.07) is 19.5. The molecule has 244 valence electrons. The molecule has 0 saturated heterocycles. The normalized spacial score (nSPS) is 12.0. The van der Waals surface area contributed by atoms with Crippen molar-refractivity contribution in [3.63, 3.8) is 0 Å². The van der Waals surface area contributed by atoms with Crippen molar-refractivity contribution in [2.75, 3.05) is 66.1 Å². The Labute approximate surface area is 270 Å². The molecule has 0 saturated carbocycles. The summed E-state index contributed by atoms with van der Waals surface area (Å²) in [5.41, 5.74) is 1.01. The van der Waals surface area contributed by atoms with Crippen LogP contribution in [0.1, 0.15) is 48.4 Å². The maximum absolute atomic E-state index is 13.2. The molecule has 0 aliphatic rings. The third kappa shape index (κ3) is 7.93. The van der Waals surface area contributed by atoms with Crippen molar-refractivity contribution in [2.45, 2.75) is 27.7 Å². The molecule has 5 aromatic carbocycles. The van der Waals surface area contributed by atoms with Gasteiger partial charge in [-0.2, -0.15) is 0 Å². The molecule has 0 heterocycles. The monoisotopic (exact) mass is 628 g/mol. The number of carbonyl (C=O) groups is 2. The lowest BCUT2D eigenvalue weighted by Gasteiger charge is -2.17. The minimum Gasteiger partial charge on any atom is -0.460 e. The Morgan fingerprint density at radius 3 is 1.22 bits per heavy atom. The van der Waals surface area contributed by atoms with Crippen molar-refractivity contribution in [3.05, 3.63) is 71.8 Å². The number of benzene rings is 5. The van der Waals surface area contributed by atoms with Gasteiger partial charge in [-0.3, -0.25) is 0 Å². The number of fused-ring (bicyclic) bond motifs is 2. The highest BCUT2D eigenvalue weighted by Crippen LogP contribution is 2.42. The first-order valence-electron chi connectivity index (χ1n) is 16.1. The Morgan fingerprint density at radius 1 is 0.457 bits per heavy atom. The second kappa shape index (κ2) is 16.1. The lowest BCUT2D eigenvalue weighted by molar-refractivity contribution is 0.0106. The van der Waals surface area contributed by atoms with Gasteiger partial charge in [0.1, 0.15) is 13.2 Å². The van der Waals surface area contributed by atoms with Crippen LogP contribution in [-0.4, -0.2) is 78.0 Å². The maximum Gasteiger partial charge on any atom is 0.338 e. The van der Waals surface area contributed by atoms with E-state index in [2.05, 4.69) is 39.8 Å². The first kappa shape index (κ1) is 33.5. The summed E-state index contributed by atoms with van der Waals surface area (Å²) in [7, 11) is 0. The van der Waals surface area contributed by atoms with Gasteiger partial charge in [-0.1, -0.05) is 76.2 Å². The first-order chi connectivity index (χ1) is 22.4. The van der Waals surface area contributed by atoms with E-state index in [1.807, 2.05) is 48.5 Å². The molecule has 0 amide bonds. The van der Waals surface area contributed by atoms with Crippen LogP contribution in [0.25, 0.3) is 43.1 Å². The van der Waals surface area contributed by atoms with E-state index in [1.165, 1.54) is 0 Å². The van der Waals surface area contributed by atoms with Crippen LogP contribution in [0.15, 0.2) is 60.7 Å². The number of hydrogen-bond acceptors (Lipinski definition) is 8. The molecule has 0 aliphatic heterocycles. The lowest BCUT2D eigenvalue weighted by atomic mass is 9.87. The van der Waals surface area contributed by atoms with E-state index in [-0.39, 0.29) is 13.2 Å². The van der Waals surface area contributed by atoms with Crippen LogP contribution in [0.3, 0.4) is 0 Å². The SMILES string of the molecule is CC(C)COCCOCCOC(=O)c1ccc2c3cccc4c(C(=O)OCCOCCOCC(C)C)ccc(c5cccc1c52)c43. The maximum atomic E-state index is 13.2. The third-order valence-corrected chi connectivity index (χ3v) is 7.67. The molecule has 0 fully saturated rings. The zero-order chi connectivity index (χ0) is 32.5. The standard InChI is InChI=1S/C38H44O8/c1-25(2)23-43-17-15-41-19-21-45-37(39)33-13-11-31-28-8-6-10-30-34(38(40)46-22-20-42-16-18-44-24-26(3)4)14-12-32(36(28)30)27-7-5-9-29(33)35(27)31/h5-14,25-26H,15-24H2,1-4H3. The van der Waals surface area contributed by atoms with Gasteiger partial charge in [-0.05, 0) is 67.1 Å². The van der Waals surface area contributed by atoms with Crippen LogP contribution in [0.2, 0.25) is 0 Å². The van der Waals surface area contributed by atoms with Crippen molar-refractivity contribution in [2.24, 2.45) is 11.8 Å². The number of esters is 2. The molecule has 0 aromatic heterocycles. The first-order valence-corrected chi connectivity index (χ1v) is 16.1. The molecule has 0 unspecified atom stereocenters. The van der Waals surface area contributed by atoms with Gasteiger partial charge in [-0.25, -0.2) is 9.59 Å². The van der Waals surface area contributed by atoms with Crippen LogP contribution < -0.4 is 0 Å². The number of hydrogen-bond donors (Lipinski definition) is 0. The highest BCUT2D eigenvalue weighted by molar-refractivity contribution is 6.35. The zero-order valence-electron chi connectivity index (χ0n) is 27.3. The Bertz CT molecular complexity index is 1610. The van der Waals surface area contributed by atoms with Crippen LogP contribution in [0, 0.1) is 11.8 Å². The lowest BCUT2D eigenvalue weighted by Crippen LogP contribution is -2.14. The van der Waals surface area contributed by atoms with Gasteiger partial charge in [0.2, 0.25) is 0 Å². The molecule has 8 nitrogen and oxygen atoms in total. The second-order valence-electron chi connectivity index (χ2n) is 12.2. The summed E-state index contributed by atoms with van der Waals surface area (Å²) in [5.74, 6) is 0.175. The third-order valence-electron chi connectivity index (χ3n) is 7.67. The highest BCUT2D eigenvalue weighted by Gasteiger charge is 2.20. The average Bonchev–Trinajstić information content (AvgIpc) is 3.05. The predicted octanol–water partition coefficient (Wildman–Crippen LogP) is 7.43. The van der Waals surface area contributed by atoms with Gasteiger partial charge >= 0.3 is 11.9 Å². The summed E-state index contributed by atoms with van der Waals surface area (Å²) in [5, 5.41) is 7.63. The number of ether oxygens (including phenoxy) is 6.